The van der Waals surface area contributed by atoms with Crippen molar-refractivity contribution < 1.29 is 13.6 Å². The fraction of sp³-hybridized carbons (Fsp3) is 0.533. The van der Waals surface area contributed by atoms with E-state index >= 15 is 0 Å². The van der Waals surface area contributed by atoms with Gasteiger partial charge < -0.3 is 5.32 Å². The van der Waals surface area contributed by atoms with Crippen molar-refractivity contribution in [1.82, 2.24) is 5.32 Å². The highest BCUT2D eigenvalue weighted by molar-refractivity contribution is 5.97. The van der Waals surface area contributed by atoms with Gasteiger partial charge in [-0.25, -0.2) is 8.78 Å². The molecule has 1 aromatic rings. The number of nitrogens with one attached hydrogen (secondary N) is 1. The summed E-state index contributed by atoms with van der Waals surface area (Å²) in [7, 11) is 1.83. The Morgan fingerprint density at radius 1 is 1.26 bits per heavy atom. The molecule has 1 aromatic carbocycles. The number of ketones is 1. The van der Waals surface area contributed by atoms with Gasteiger partial charge in [0.25, 0.3) is 0 Å². The van der Waals surface area contributed by atoms with Gasteiger partial charge in [0.15, 0.2) is 5.78 Å². The minimum atomic E-state index is -0.645. The zero-order valence-corrected chi connectivity index (χ0v) is 11.1. The Balaban J connectivity index is 2.17. The first kappa shape index (κ1) is 14.1. The molecule has 0 saturated heterocycles. The Hall–Kier alpha value is -1.29. The average molecular weight is 267 g/mol. The monoisotopic (exact) mass is 267 g/mol. The fourth-order valence-corrected chi connectivity index (χ4v) is 2.86. The van der Waals surface area contributed by atoms with Gasteiger partial charge in [-0.05, 0) is 38.1 Å². The van der Waals surface area contributed by atoms with E-state index in [9.17, 15) is 13.6 Å². The molecule has 19 heavy (non-hydrogen) atoms. The molecule has 1 aliphatic rings. The standard InChI is InChI=1S/C15H19F2NO/c1-18-15(7-3-2-4-8-15)10-14(19)12-9-11(16)5-6-13(12)17/h5-6,9,18H,2-4,7-8,10H2,1H3. The Morgan fingerprint density at radius 2 is 1.95 bits per heavy atom. The van der Waals surface area contributed by atoms with Crippen LogP contribution in [0.4, 0.5) is 8.78 Å². The van der Waals surface area contributed by atoms with Gasteiger partial charge in [0, 0.05) is 12.0 Å². The minimum Gasteiger partial charge on any atom is -0.314 e. The summed E-state index contributed by atoms with van der Waals surface area (Å²) in [4.78, 5) is 12.2. The van der Waals surface area contributed by atoms with E-state index in [1.807, 2.05) is 7.05 Å². The topological polar surface area (TPSA) is 29.1 Å². The molecule has 4 heteroatoms. The van der Waals surface area contributed by atoms with Gasteiger partial charge in [-0.1, -0.05) is 19.3 Å². The van der Waals surface area contributed by atoms with Gasteiger partial charge in [0.05, 0.1) is 5.56 Å². The lowest BCUT2D eigenvalue weighted by atomic mass is 9.77. The number of halogens is 2. The average Bonchev–Trinajstić information content (AvgIpc) is 2.42. The van der Waals surface area contributed by atoms with Gasteiger partial charge in [-0.2, -0.15) is 0 Å². The molecule has 0 radical (unpaired) electrons. The van der Waals surface area contributed by atoms with E-state index < -0.39 is 11.6 Å². The van der Waals surface area contributed by atoms with Crippen molar-refractivity contribution in [2.75, 3.05) is 7.05 Å². The molecule has 0 spiro atoms. The van der Waals surface area contributed by atoms with E-state index in [2.05, 4.69) is 5.32 Å². The van der Waals surface area contributed by atoms with Crippen LogP contribution in [-0.4, -0.2) is 18.4 Å². The zero-order chi connectivity index (χ0) is 13.9. The summed E-state index contributed by atoms with van der Waals surface area (Å²) in [6, 6.07) is 3.03. The lowest BCUT2D eigenvalue weighted by Crippen LogP contribution is -2.46. The van der Waals surface area contributed by atoms with Crippen molar-refractivity contribution in [3.8, 4) is 0 Å². The molecule has 1 N–H and O–H groups in total. The quantitative estimate of drug-likeness (QED) is 0.846. The molecule has 1 aliphatic carbocycles. The number of Topliss-reactive ketones (excluding diaryl/α,β-unsaturated/α-hetero) is 1. The Bertz CT molecular complexity index is 467. The number of carbonyl (C=O) groups is 1. The van der Waals surface area contributed by atoms with Crippen molar-refractivity contribution >= 4 is 5.78 Å². The summed E-state index contributed by atoms with van der Waals surface area (Å²) in [5.74, 6) is -1.55. The number of hydrogen-bond acceptors (Lipinski definition) is 2. The van der Waals surface area contributed by atoms with E-state index in [-0.39, 0.29) is 23.3 Å². The fourth-order valence-electron chi connectivity index (χ4n) is 2.86. The molecule has 2 nitrogen and oxygen atoms in total. The highest BCUT2D eigenvalue weighted by Gasteiger charge is 2.33. The summed E-state index contributed by atoms with van der Waals surface area (Å²) in [6.45, 7) is 0. The van der Waals surface area contributed by atoms with Crippen LogP contribution in [-0.2, 0) is 0 Å². The predicted molar refractivity (Wildman–Crippen MR) is 70.2 cm³/mol. The Morgan fingerprint density at radius 3 is 2.58 bits per heavy atom. The zero-order valence-electron chi connectivity index (χ0n) is 11.1. The van der Waals surface area contributed by atoms with Crippen LogP contribution in [0.5, 0.6) is 0 Å². The maximum atomic E-state index is 13.6. The summed E-state index contributed by atoms with van der Waals surface area (Å²) >= 11 is 0. The molecule has 104 valence electrons. The van der Waals surface area contributed by atoms with Crippen LogP contribution in [0, 0.1) is 11.6 Å². The Kier molecular flexibility index (Phi) is 4.30. The van der Waals surface area contributed by atoms with Crippen LogP contribution < -0.4 is 5.32 Å². The smallest absolute Gasteiger partial charge is 0.167 e. The van der Waals surface area contributed by atoms with E-state index in [1.54, 1.807) is 0 Å². The summed E-state index contributed by atoms with van der Waals surface area (Å²) in [5, 5.41) is 3.22. The second kappa shape index (κ2) is 5.78. The van der Waals surface area contributed by atoms with Crippen molar-refractivity contribution in [1.29, 1.82) is 0 Å². The van der Waals surface area contributed by atoms with E-state index in [4.69, 9.17) is 0 Å². The minimum absolute atomic E-state index is 0.139. The number of carbonyl (C=O) groups excluding carboxylic acids is 1. The first-order valence-electron chi connectivity index (χ1n) is 6.73. The van der Waals surface area contributed by atoms with Crippen LogP contribution >= 0.6 is 0 Å². The second-order valence-corrected chi connectivity index (χ2v) is 5.32. The summed E-state index contributed by atoms with van der Waals surface area (Å²) < 4.78 is 26.7. The third kappa shape index (κ3) is 3.18. The molecule has 0 amide bonds. The molecular weight excluding hydrogens is 248 g/mol. The number of hydrogen-bond donors (Lipinski definition) is 1. The van der Waals surface area contributed by atoms with E-state index in [0.717, 1.165) is 43.9 Å². The maximum absolute atomic E-state index is 13.6. The largest absolute Gasteiger partial charge is 0.314 e. The van der Waals surface area contributed by atoms with Crippen molar-refractivity contribution in [3.63, 3.8) is 0 Å². The first-order valence-corrected chi connectivity index (χ1v) is 6.73. The van der Waals surface area contributed by atoms with Crippen LogP contribution in [0.15, 0.2) is 18.2 Å². The molecule has 0 atom stereocenters. The van der Waals surface area contributed by atoms with Crippen LogP contribution in [0.1, 0.15) is 48.9 Å². The highest BCUT2D eigenvalue weighted by atomic mass is 19.1. The van der Waals surface area contributed by atoms with Crippen molar-refractivity contribution in [3.05, 3.63) is 35.4 Å². The SMILES string of the molecule is CNC1(CC(=O)c2cc(F)ccc2F)CCCCC1. The Labute approximate surface area is 112 Å². The molecule has 0 unspecified atom stereocenters. The molecule has 0 bridgehead atoms. The first-order chi connectivity index (χ1) is 9.06. The lowest BCUT2D eigenvalue weighted by Gasteiger charge is -2.36. The van der Waals surface area contributed by atoms with Gasteiger partial charge >= 0.3 is 0 Å². The molecular formula is C15H19F2NO. The van der Waals surface area contributed by atoms with Crippen molar-refractivity contribution in [2.45, 2.75) is 44.1 Å². The molecule has 0 aliphatic heterocycles. The van der Waals surface area contributed by atoms with Crippen LogP contribution in [0.3, 0.4) is 0 Å². The van der Waals surface area contributed by atoms with Crippen LogP contribution in [0.2, 0.25) is 0 Å². The molecule has 1 fully saturated rings. The highest BCUT2D eigenvalue weighted by Crippen LogP contribution is 2.32. The third-order valence-electron chi connectivity index (χ3n) is 4.07. The van der Waals surface area contributed by atoms with Crippen LogP contribution in [0.25, 0.3) is 0 Å². The van der Waals surface area contributed by atoms with E-state index in [1.165, 1.54) is 6.42 Å². The van der Waals surface area contributed by atoms with Crippen molar-refractivity contribution in [2.24, 2.45) is 0 Å². The second-order valence-electron chi connectivity index (χ2n) is 5.32. The van der Waals surface area contributed by atoms with Gasteiger partial charge in [-0.15, -0.1) is 0 Å². The predicted octanol–water partition coefficient (Wildman–Crippen LogP) is 3.46. The molecule has 0 aromatic heterocycles. The van der Waals surface area contributed by atoms with Gasteiger partial charge in [-0.3, -0.25) is 4.79 Å². The summed E-state index contributed by atoms with van der Waals surface area (Å²) in [6.07, 6.45) is 5.35. The van der Waals surface area contributed by atoms with Gasteiger partial charge in [0.1, 0.15) is 11.6 Å². The third-order valence-corrected chi connectivity index (χ3v) is 4.07. The normalized spacial score (nSPS) is 18.3. The number of rotatable bonds is 4. The maximum Gasteiger partial charge on any atom is 0.167 e. The molecule has 1 saturated carbocycles. The lowest BCUT2D eigenvalue weighted by molar-refractivity contribution is 0.0910. The molecule has 2 rings (SSSR count). The van der Waals surface area contributed by atoms with Gasteiger partial charge in [0.2, 0.25) is 0 Å². The summed E-state index contributed by atoms with van der Waals surface area (Å²) in [5.41, 5.74) is -0.395. The molecule has 0 heterocycles. The van der Waals surface area contributed by atoms with E-state index in [0.29, 0.717) is 0 Å². The number of benzene rings is 1.